The van der Waals surface area contributed by atoms with Gasteiger partial charge < -0.3 is 9.47 Å². The second kappa shape index (κ2) is 8.92. The van der Waals surface area contributed by atoms with E-state index >= 15 is 0 Å². The van der Waals surface area contributed by atoms with Gasteiger partial charge in [0.25, 0.3) is 5.91 Å². The van der Waals surface area contributed by atoms with Gasteiger partial charge in [0.05, 0.1) is 36.2 Å². The van der Waals surface area contributed by atoms with Crippen LogP contribution in [-0.4, -0.2) is 29.6 Å². The van der Waals surface area contributed by atoms with Gasteiger partial charge >= 0.3 is 0 Å². The fraction of sp³-hybridized carbons (Fsp3) is 0.174. The Kier molecular flexibility index (Phi) is 5.90. The summed E-state index contributed by atoms with van der Waals surface area (Å²) in [4.78, 5) is 24.2. The summed E-state index contributed by atoms with van der Waals surface area (Å²) in [5, 5.41) is 0.608. The van der Waals surface area contributed by atoms with E-state index in [4.69, 9.17) is 14.5 Å². The number of hydrogen-bond acceptors (Lipinski definition) is 6. The lowest BCUT2D eigenvalue weighted by Crippen LogP contribution is -2.30. The number of rotatable bonds is 7. The predicted octanol–water partition coefficient (Wildman–Crippen LogP) is 4.95. The lowest BCUT2D eigenvalue weighted by Gasteiger charge is -2.20. The quantitative estimate of drug-likeness (QED) is 0.424. The van der Waals surface area contributed by atoms with Crippen LogP contribution in [-0.2, 0) is 6.54 Å². The monoisotopic (exact) mass is 419 g/mol. The molecule has 0 unspecified atom stereocenters. The smallest absolute Gasteiger partial charge is 0.260 e. The molecule has 0 fully saturated rings. The van der Waals surface area contributed by atoms with E-state index in [1.54, 1.807) is 36.4 Å². The second-order valence-electron chi connectivity index (χ2n) is 6.50. The van der Waals surface area contributed by atoms with E-state index in [1.807, 2.05) is 49.4 Å². The summed E-state index contributed by atoms with van der Waals surface area (Å²) in [5.41, 5.74) is 2.13. The topological polar surface area (TPSA) is 64.5 Å². The average molecular weight is 420 g/mol. The minimum atomic E-state index is -0.163. The van der Waals surface area contributed by atoms with Gasteiger partial charge in [-0.3, -0.25) is 14.7 Å². The van der Waals surface area contributed by atoms with Crippen molar-refractivity contribution < 1.29 is 14.3 Å². The number of hydrogen-bond donors (Lipinski definition) is 0. The second-order valence-corrected chi connectivity index (χ2v) is 7.51. The van der Waals surface area contributed by atoms with Gasteiger partial charge in [0, 0.05) is 11.8 Å². The molecule has 0 aliphatic carbocycles. The van der Waals surface area contributed by atoms with Crippen LogP contribution in [0.15, 0.2) is 66.9 Å². The molecular weight excluding hydrogens is 398 g/mol. The first-order chi connectivity index (χ1) is 14.7. The van der Waals surface area contributed by atoms with E-state index in [0.29, 0.717) is 29.6 Å². The molecule has 2 heterocycles. The van der Waals surface area contributed by atoms with Crippen LogP contribution in [0.5, 0.6) is 11.5 Å². The van der Waals surface area contributed by atoms with Crippen LogP contribution >= 0.6 is 11.3 Å². The van der Waals surface area contributed by atoms with Crippen LogP contribution in [0.1, 0.15) is 23.0 Å². The maximum absolute atomic E-state index is 13.4. The number of benzene rings is 2. The van der Waals surface area contributed by atoms with Crippen molar-refractivity contribution in [2.24, 2.45) is 0 Å². The highest BCUT2D eigenvalue weighted by molar-refractivity contribution is 7.22. The molecule has 0 spiro atoms. The molecule has 30 heavy (non-hydrogen) atoms. The van der Waals surface area contributed by atoms with Gasteiger partial charge in [-0.15, -0.1) is 0 Å². The first-order valence-corrected chi connectivity index (χ1v) is 10.4. The van der Waals surface area contributed by atoms with Crippen LogP contribution in [0.2, 0.25) is 0 Å². The SMILES string of the molecule is CCOc1ccc2nc(N(Cc3ccccn3)C(=O)c3cccc(OC)c3)sc2c1. The molecule has 6 nitrogen and oxygen atoms in total. The molecule has 0 saturated carbocycles. The minimum absolute atomic E-state index is 0.163. The molecule has 0 aliphatic rings. The number of nitrogens with zero attached hydrogens (tertiary/aromatic N) is 3. The Bertz CT molecular complexity index is 1160. The van der Waals surface area contributed by atoms with E-state index in [9.17, 15) is 4.79 Å². The Balaban J connectivity index is 1.74. The third-order valence-corrected chi connectivity index (χ3v) is 5.54. The largest absolute Gasteiger partial charge is 0.497 e. The Morgan fingerprint density at radius 2 is 1.97 bits per heavy atom. The van der Waals surface area contributed by atoms with Crippen molar-refractivity contribution in [3.8, 4) is 11.5 Å². The average Bonchev–Trinajstić information content (AvgIpc) is 3.21. The molecule has 0 radical (unpaired) electrons. The zero-order chi connectivity index (χ0) is 20.9. The number of ether oxygens (including phenoxy) is 2. The summed E-state index contributed by atoms with van der Waals surface area (Å²) >= 11 is 1.45. The van der Waals surface area contributed by atoms with Crippen molar-refractivity contribution >= 4 is 32.6 Å². The number of anilines is 1. The van der Waals surface area contributed by atoms with Gasteiger partial charge in [-0.05, 0) is 55.5 Å². The van der Waals surface area contributed by atoms with Crippen molar-refractivity contribution in [1.82, 2.24) is 9.97 Å². The summed E-state index contributed by atoms with van der Waals surface area (Å²) in [6.07, 6.45) is 1.72. The molecule has 0 N–H and O–H groups in total. The Hall–Kier alpha value is -3.45. The standard InChI is InChI=1S/C23H21N3O3S/c1-3-29-19-10-11-20-21(14-19)30-23(25-20)26(15-17-8-4-5-12-24-17)22(27)16-7-6-9-18(13-16)28-2/h4-14H,3,15H2,1-2H3. The molecular formula is C23H21N3O3S. The van der Waals surface area contributed by atoms with E-state index < -0.39 is 0 Å². The molecule has 0 aliphatic heterocycles. The molecule has 2 aromatic carbocycles. The summed E-state index contributed by atoms with van der Waals surface area (Å²) in [7, 11) is 1.58. The van der Waals surface area contributed by atoms with Crippen molar-refractivity contribution in [1.29, 1.82) is 0 Å². The molecule has 4 rings (SSSR count). The molecule has 7 heteroatoms. The lowest BCUT2D eigenvalue weighted by molar-refractivity contribution is 0.0984. The number of carbonyl (C=O) groups is 1. The van der Waals surface area contributed by atoms with E-state index in [1.165, 1.54) is 11.3 Å². The van der Waals surface area contributed by atoms with E-state index in [2.05, 4.69) is 4.98 Å². The van der Waals surface area contributed by atoms with Crippen molar-refractivity contribution in [3.05, 3.63) is 78.1 Å². The number of carbonyl (C=O) groups excluding carboxylic acids is 1. The van der Waals surface area contributed by atoms with Crippen LogP contribution < -0.4 is 14.4 Å². The number of amides is 1. The van der Waals surface area contributed by atoms with Gasteiger partial charge in [-0.2, -0.15) is 0 Å². The number of pyridine rings is 1. The molecule has 4 aromatic rings. The van der Waals surface area contributed by atoms with Gasteiger partial charge in [0.15, 0.2) is 5.13 Å². The van der Waals surface area contributed by atoms with Gasteiger partial charge in [0.1, 0.15) is 11.5 Å². The summed E-state index contributed by atoms with van der Waals surface area (Å²) < 4.78 is 11.8. The van der Waals surface area contributed by atoms with Crippen LogP contribution in [0.3, 0.4) is 0 Å². The number of fused-ring (bicyclic) bond motifs is 1. The minimum Gasteiger partial charge on any atom is -0.497 e. The number of methoxy groups -OCH3 is 1. The van der Waals surface area contributed by atoms with E-state index in [0.717, 1.165) is 21.7 Å². The van der Waals surface area contributed by atoms with Crippen molar-refractivity contribution in [2.75, 3.05) is 18.6 Å². The zero-order valence-electron chi connectivity index (χ0n) is 16.7. The fourth-order valence-electron chi connectivity index (χ4n) is 3.06. The summed E-state index contributed by atoms with van der Waals surface area (Å²) in [6, 6.07) is 18.5. The van der Waals surface area contributed by atoms with Crippen molar-refractivity contribution in [2.45, 2.75) is 13.5 Å². The summed E-state index contributed by atoms with van der Waals surface area (Å²) in [6.45, 7) is 2.86. The Morgan fingerprint density at radius 1 is 1.07 bits per heavy atom. The molecule has 2 aromatic heterocycles. The zero-order valence-corrected chi connectivity index (χ0v) is 17.6. The number of aromatic nitrogens is 2. The van der Waals surface area contributed by atoms with E-state index in [-0.39, 0.29) is 5.91 Å². The Labute approximate surface area is 178 Å². The highest BCUT2D eigenvalue weighted by atomic mass is 32.1. The third kappa shape index (κ3) is 4.26. The van der Waals surface area contributed by atoms with Crippen LogP contribution in [0, 0.1) is 0 Å². The molecule has 0 atom stereocenters. The van der Waals surface area contributed by atoms with Crippen molar-refractivity contribution in [3.63, 3.8) is 0 Å². The maximum Gasteiger partial charge on any atom is 0.260 e. The number of thiazole rings is 1. The van der Waals surface area contributed by atoms with Gasteiger partial charge in [-0.1, -0.05) is 23.5 Å². The highest BCUT2D eigenvalue weighted by Gasteiger charge is 2.23. The summed E-state index contributed by atoms with van der Waals surface area (Å²) in [5.74, 6) is 1.25. The lowest BCUT2D eigenvalue weighted by atomic mass is 10.2. The molecule has 0 saturated heterocycles. The fourth-order valence-corrected chi connectivity index (χ4v) is 4.05. The Morgan fingerprint density at radius 3 is 2.73 bits per heavy atom. The maximum atomic E-state index is 13.4. The third-order valence-electron chi connectivity index (χ3n) is 4.50. The van der Waals surface area contributed by atoms with Gasteiger partial charge in [-0.25, -0.2) is 4.98 Å². The normalized spacial score (nSPS) is 10.7. The first kappa shape index (κ1) is 19.8. The predicted molar refractivity (Wildman–Crippen MR) is 119 cm³/mol. The van der Waals surface area contributed by atoms with Crippen LogP contribution in [0.25, 0.3) is 10.2 Å². The first-order valence-electron chi connectivity index (χ1n) is 9.57. The van der Waals surface area contributed by atoms with Gasteiger partial charge in [0.2, 0.25) is 0 Å². The highest BCUT2D eigenvalue weighted by Crippen LogP contribution is 2.33. The molecule has 0 bridgehead atoms. The van der Waals surface area contributed by atoms with Crippen LogP contribution in [0.4, 0.5) is 5.13 Å². The molecule has 152 valence electrons. The molecule has 1 amide bonds.